The van der Waals surface area contributed by atoms with Crippen molar-refractivity contribution in [1.29, 1.82) is 0 Å². The molecular weight excluding hydrogens is 242 g/mol. The summed E-state index contributed by atoms with van der Waals surface area (Å²) in [5.74, 6) is 2.05. The van der Waals surface area contributed by atoms with Crippen LogP contribution in [0.5, 0.6) is 5.75 Å². The number of non-ortho nitro benzene ring substituents is 1. The summed E-state index contributed by atoms with van der Waals surface area (Å²) < 4.78 is 6.03. The highest BCUT2D eigenvalue weighted by Crippen LogP contribution is 2.59. The second-order valence-corrected chi connectivity index (χ2v) is 6.35. The Bertz CT molecular complexity index is 510. The summed E-state index contributed by atoms with van der Waals surface area (Å²) in [5.41, 5.74) is 0.461. The van der Waals surface area contributed by atoms with E-state index in [2.05, 4.69) is 13.8 Å². The fourth-order valence-electron chi connectivity index (χ4n) is 3.73. The lowest BCUT2D eigenvalue weighted by atomic mass is 9.48. The number of benzene rings is 1. The van der Waals surface area contributed by atoms with Crippen LogP contribution in [0.1, 0.15) is 33.1 Å². The SMILES string of the molecule is CC1(C)C2CC[C@@H](Oc3cccc([N+](=O)[O-])c3)C1C2. The van der Waals surface area contributed by atoms with Crippen LogP contribution >= 0.6 is 0 Å². The third-order valence-corrected chi connectivity index (χ3v) is 5.11. The Kier molecular flexibility index (Phi) is 2.77. The topological polar surface area (TPSA) is 52.4 Å². The van der Waals surface area contributed by atoms with Crippen molar-refractivity contribution >= 4 is 5.69 Å². The quantitative estimate of drug-likeness (QED) is 0.614. The van der Waals surface area contributed by atoms with Crippen molar-refractivity contribution in [3.8, 4) is 5.75 Å². The lowest BCUT2D eigenvalue weighted by Gasteiger charge is -2.59. The van der Waals surface area contributed by atoms with E-state index in [1.54, 1.807) is 6.07 Å². The molecule has 0 saturated heterocycles. The first-order valence-corrected chi connectivity index (χ1v) is 6.89. The Balaban J connectivity index is 1.75. The molecule has 3 fully saturated rings. The van der Waals surface area contributed by atoms with Gasteiger partial charge in [-0.15, -0.1) is 0 Å². The second kappa shape index (κ2) is 4.22. The van der Waals surface area contributed by atoms with Crippen molar-refractivity contribution < 1.29 is 9.66 Å². The van der Waals surface area contributed by atoms with Gasteiger partial charge in [-0.2, -0.15) is 0 Å². The monoisotopic (exact) mass is 261 g/mol. The van der Waals surface area contributed by atoms with E-state index in [1.807, 2.05) is 6.07 Å². The van der Waals surface area contributed by atoms with Crippen LogP contribution in [-0.4, -0.2) is 11.0 Å². The number of nitro benzene ring substituents is 1. The van der Waals surface area contributed by atoms with E-state index in [4.69, 9.17) is 4.74 Å². The molecule has 1 aromatic carbocycles. The van der Waals surface area contributed by atoms with Crippen LogP contribution in [0, 0.1) is 27.4 Å². The standard InChI is InChI=1S/C15H19NO3/c1-15(2)10-6-7-14(13(15)8-10)19-12-5-3-4-11(9-12)16(17)18/h3-5,9-10,13-14H,6-8H2,1-2H3/t10?,13?,14-/m1/s1. The molecule has 19 heavy (non-hydrogen) atoms. The summed E-state index contributed by atoms with van der Waals surface area (Å²) in [6.45, 7) is 4.63. The van der Waals surface area contributed by atoms with Gasteiger partial charge < -0.3 is 4.74 Å². The van der Waals surface area contributed by atoms with E-state index in [1.165, 1.54) is 25.0 Å². The third-order valence-electron chi connectivity index (χ3n) is 5.11. The lowest BCUT2D eigenvalue weighted by Crippen LogP contribution is -2.56. The van der Waals surface area contributed by atoms with E-state index in [0.29, 0.717) is 17.1 Å². The first-order valence-electron chi connectivity index (χ1n) is 6.89. The molecule has 4 nitrogen and oxygen atoms in total. The van der Waals surface area contributed by atoms with Crippen molar-refractivity contribution in [3.05, 3.63) is 34.4 Å². The van der Waals surface area contributed by atoms with E-state index in [0.717, 1.165) is 12.3 Å². The van der Waals surface area contributed by atoms with Gasteiger partial charge in [0.25, 0.3) is 5.69 Å². The van der Waals surface area contributed by atoms with Gasteiger partial charge in [-0.1, -0.05) is 19.9 Å². The third kappa shape index (κ3) is 1.99. The van der Waals surface area contributed by atoms with Gasteiger partial charge in [-0.05, 0) is 36.7 Å². The molecule has 0 N–H and O–H groups in total. The molecule has 4 heteroatoms. The molecule has 3 atom stereocenters. The minimum atomic E-state index is -0.378. The summed E-state index contributed by atoms with van der Waals surface area (Å²) in [4.78, 5) is 10.4. The molecule has 0 aromatic heterocycles. The molecule has 3 aliphatic carbocycles. The van der Waals surface area contributed by atoms with Crippen molar-refractivity contribution in [1.82, 2.24) is 0 Å². The van der Waals surface area contributed by atoms with Gasteiger partial charge >= 0.3 is 0 Å². The molecule has 4 rings (SSSR count). The fourth-order valence-corrected chi connectivity index (χ4v) is 3.73. The predicted octanol–water partition coefficient (Wildman–Crippen LogP) is 3.80. The number of fused-ring (bicyclic) bond motifs is 2. The van der Waals surface area contributed by atoms with Crippen LogP contribution < -0.4 is 4.74 Å². The zero-order valence-corrected chi connectivity index (χ0v) is 11.3. The molecule has 0 radical (unpaired) electrons. The first kappa shape index (κ1) is 12.5. The Morgan fingerprint density at radius 1 is 1.37 bits per heavy atom. The molecule has 2 bridgehead atoms. The molecule has 102 valence electrons. The molecule has 0 spiro atoms. The summed E-state index contributed by atoms with van der Waals surface area (Å²) in [6, 6.07) is 6.52. The van der Waals surface area contributed by atoms with Crippen LogP contribution in [-0.2, 0) is 0 Å². The maximum atomic E-state index is 10.8. The van der Waals surface area contributed by atoms with Gasteiger partial charge in [0, 0.05) is 12.0 Å². The number of rotatable bonds is 3. The predicted molar refractivity (Wildman–Crippen MR) is 72.1 cm³/mol. The van der Waals surface area contributed by atoms with Crippen LogP contribution in [0.3, 0.4) is 0 Å². The number of nitro groups is 1. The Morgan fingerprint density at radius 3 is 2.79 bits per heavy atom. The van der Waals surface area contributed by atoms with E-state index in [-0.39, 0.29) is 16.7 Å². The number of ether oxygens (including phenoxy) is 1. The molecule has 2 unspecified atom stereocenters. The van der Waals surface area contributed by atoms with Crippen molar-refractivity contribution in [2.45, 2.75) is 39.2 Å². The van der Waals surface area contributed by atoms with Crippen molar-refractivity contribution in [3.63, 3.8) is 0 Å². The van der Waals surface area contributed by atoms with E-state index < -0.39 is 0 Å². The molecule has 0 aliphatic heterocycles. The number of hydrogen-bond donors (Lipinski definition) is 0. The summed E-state index contributed by atoms with van der Waals surface area (Å²) in [5, 5.41) is 10.8. The Morgan fingerprint density at radius 2 is 2.16 bits per heavy atom. The van der Waals surface area contributed by atoms with Gasteiger partial charge in [-0.3, -0.25) is 10.1 Å². The second-order valence-electron chi connectivity index (χ2n) is 6.35. The van der Waals surface area contributed by atoms with Gasteiger partial charge in [0.15, 0.2) is 0 Å². The maximum absolute atomic E-state index is 10.8. The van der Waals surface area contributed by atoms with Gasteiger partial charge in [0.2, 0.25) is 0 Å². The zero-order chi connectivity index (χ0) is 13.6. The van der Waals surface area contributed by atoms with Crippen LogP contribution in [0.2, 0.25) is 0 Å². The molecular formula is C15H19NO3. The average molecular weight is 261 g/mol. The lowest BCUT2D eigenvalue weighted by molar-refractivity contribution is -0.385. The van der Waals surface area contributed by atoms with Crippen molar-refractivity contribution in [2.75, 3.05) is 0 Å². The van der Waals surface area contributed by atoms with Crippen molar-refractivity contribution in [2.24, 2.45) is 17.3 Å². The van der Waals surface area contributed by atoms with Crippen LogP contribution in [0.25, 0.3) is 0 Å². The molecule has 0 amide bonds. The fraction of sp³-hybridized carbons (Fsp3) is 0.600. The highest BCUT2D eigenvalue weighted by molar-refractivity contribution is 5.38. The van der Waals surface area contributed by atoms with Gasteiger partial charge in [-0.25, -0.2) is 0 Å². The van der Waals surface area contributed by atoms with Crippen LogP contribution in [0.4, 0.5) is 5.69 Å². The molecule has 1 aromatic rings. The summed E-state index contributed by atoms with van der Waals surface area (Å²) in [6.07, 6.45) is 3.74. The zero-order valence-electron chi connectivity index (χ0n) is 11.3. The minimum Gasteiger partial charge on any atom is -0.490 e. The van der Waals surface area contributed by atoms with E-state index in [9.17, 15) is 10.1 Å². The van der Waals surface area contributed by atoms with E-state index >= 15 is 0 Å². The van der Waals surface area contributed by atoms with Crippen LogP contribution in [0.15, 0.2) is 24.3 Å². The minimum absolute atomic E-state index is 0.0963. The van der Waals surface area contributed by atoms with Gasteiger partial charge in [0.05, 0.1) is 11.0 Å². The Hall–Kier alpha value is -1.58. The first-order chi connectivity index (χ1) is 8.98. The highest BCUT2D eigenvalue weighted by atomic mass is 16.6. The number of nitrogens with zero attached hydrogens (tertiary/aromatic N) is 1. The normalized spacial score (nSPS) is 31.4. The smallest absolute Gasteiger partial charge is 0.273 e. The summed E-state index contributed by atoms with van der Waals surface area (Å²) in [7, 11) is 0. The maximum Gasteiger partial charge on any atom is 0.273 e. The van der Waals surface area contributed by atoms with Gasteiger partial charge in [0.1, 0.15) is 11.9 Å². The average Bonchev–Trinajstić information content (AvgIpc) is 2.39. The molecule has 3 saturated carbocycles. The molecule has 0 heterocycles. The highest BCUT2D eigenvalue weighted by Gasteiger charge is 2.55. The summed E-state index contributed by atoms with van der Waals surface area (Å²) >= 11 is 0. The molecule has 3 aliphatic rings. The number of hydrogen-bond acceptors (Lipinski definition) is 3. The Labute approximate surface area is 112 Å². The largest absolute Gasteiger partial charge is 0.490 e.